The van der Waals surface area contributed by atoms with E-state index in [1.165, 1.54) is 5.56 Å². The van der Waals surface area contributed by atoms with Crippen molar-refractivity contribution in [1.82, 2.24) is 9.97 Å². The van der Waals surface area contributed by atoms with E-state index < -0.39 is 0 Å². The normalized spacial score (nSPS) is 25.4. The minimum atomic E-state index is 0.0229. The summed E-state index contributed by atoms with van der Waals surface area (Å²) >= 11 is 0. The van der Waals surface area contributed by atoms with E-state index in [4.69, 9.17) is 4.98 Å². The van der Waals surface area contributed by atoms with Gasteiger partial charge in [0.15, 0.2) is 0 Å². The fourth-order valence-corrected chi connectivity index (χ4v) is 6.04. The summed E-state index contributed by atoms with van der Waals surface area (Å²) in [5.41, 5.74) is 5.43. The molecule has 1 heterocycles. The van der Waals surface area contributed by atoms with Gasteiger partial charge in [-0.05, 0) is 85.0 Å². The summed E-state index contributed by atoms with van der Waals surface area (Å²) in [6.45, 7) is 0. The Hall–Kier alpha value is -4.19. The molecule has 0 saturated heterocycles. The lowest BCUT2D eigenvalue weighted by Gasteiger charge is -2.17. The number of carbonyl (C=O) groups excluding carboxylic acids is 2. The molecule has 3 aliphatic carbocycles. The van der Waals surface area contributed by atoms with Gasteiger partial charge >= 0.3 is 0 Å². The van der Waals surface area contributed by atoms with E-state index >= 15 is 0 Å². The van der Waals surface area contributed by atoms with Gasteiger partial charge in [-0.1, -0.05) is 42.5 Å². The maximum absolute atomic E-state index is 12.8. The Kier molecular flexibility index (Phi) is 5.20. The van der Waals surface area contributed by atoms with E-state index in [0.717, 1.165) is 53.1 Å². The fourth-order valence-electron chi connectivity index (χ4n) is 6.04. The molecule has 37 heavy (non-hydrogen) atoms. The molecule has 184 valence electrons. The summed E-state index contributed by atoms with van der Waals surface area (Å²) in [5, 5.41) is 6.16. The quantitative estimate of drug-likeness (QED) is 0.286. The summed E-state index contributed by atoms with van der Waals surface area (Å²) in [5.74, 6) is 2.31. The van der Waals surface area contributed by atoms with E-state index in [9.17, 15) is 9.59 Å². The Balaban J connectivity index is 1.01. The van der Waals surface area contributed by atoms with Gasteiger partial charge in [0.25, 0.3) is 0 Å². The summed E-state index contributed by atoms with van der Waals surface area (Å²) in [7, 11) is 0. The van der Waals surface area contributed by atoms with Crippen molar-refractivity contribution in [2.75, 3.05) is 10.6 Å². The van der Waals surface area contributed by atoms with Gasteiger partial charge in [-0.2, -0.15) is 0 Å². The highest BCUT2D eigenvalue weighted by molar-refractivity contribution is 5.97. The summed E-state index contributed by atoms with van der Waals surface area (Å²) < 4.78 is 0. The first-order chi connectivity index (χ1) is 18.1. The zero-order chi connectivity index (χ0) is 24.9. The number of H-pyrrole nitrogens is 1. The number of aromatic nitrogens is 2. The van der Waals surface area contributed by atoms with Crippen LogP contribution in [0.25, 0.3) is 22.4 Å². The molecule has 3 aromatic carbocycles. The largest absolute Gasteiger partial charge is 0.338 e. The first-order valence-electron chi connectivity index (χ1n) is 13.1. The molecule has 5 unspecified atom stereocenters. The maximum atomic E-state index is 12.8. The monoisotopic (exact) mass is 488 g/mol. The number of allylic oxidation sites excluding steroid dienone is 2. The predicted molar refractivity (Wildman–Crippen MR) is 145 cm³/mol. The van der Waals surface area contributed by atoms with Crippen LogP contribution in [0.2, 0.25) is 0 Å². The first-order valence-corrected chi connectivity index (χ1v) is 13.1. The molecule has 4 aromatic rings. The Bertz CT molecular complexity index is 1520. The van der Waals surface area contributed by atoms with E-state index in [1.807, 2.05) is 60.7 Å². The van der Waals surface area contributed by atoms with Gasteiger partial charge in [-0.3, -0.25) is 9.59 Å². The van der Waals surface area contributed by atoms with E-state index in [1.54, 1.807) is 0 Å². The van der Waals surface area contributed by atoms with Crippen molar-refractivity contribution in [3.05, 3.63) is 90.5 Å². The number of carbonyl (C=O) groups is 2. The van der Waals surface area contributed by atoms with Crippen molar-refractivity contribution in [3.8, 4) is 11.4 Å². The minimum Gasteiger partial charge on any atom is -0.338 e. The fraction of sp³-hybridized carbons (Fsp3) is 0.258. The predicted octanol–water partition coefficient (Wildman–Crippen LogP) is 6.12. The van der Waals surface area contributed by atoms with Crippen LogP contribution in [0, 0.1) is 23.7 Å². The molecule has 6 nitrogen and oxygen atoms in total. The molecule has 0 spiro atoms. The third-order valence-corrected chi connectivity index (χ3v) is 8.15. The van der Waals surface area contributed by atoms with Crippen molar-refractivity contribution >= 4 is 34.2 Å². The van der Waals surface area contributed by atoms with Gasteiger partial charge in [-0.25, -0.2) is 4.98 Å². The lowest BCUT2D eigenvalue weighted by molar-refractivity contribution is -0.120. The molecular weight excluding hydrogens is 460 g/mol. The SMILES string of the molecule is O=C(Nc1ccc(-c2nc3ccc(NC(=O)C4CC4c4ccccc4)cc3[nH]2)cc1)C1CC2C=CC1C2. The van der Waals surface area contributed by atoms with E-state index in [2.05, 4.69) is 39.9 Å². The van der Waals surface area contributed by atoms with Crippen LogP contribution < -0.4 is 10.6 Å². The topological polar surface area (TPSA) is 86.9 Å². The van der Waals surface area contributed by atoms with E-state index in [0.29, 0.717) is 17.8 Å². The molecule has 7 rings (SSSR count). The Morgan fingerprint density at radius 3 is 2.30 bits per heavy atom. The Morgan fingerprint density at radius 2 is 1.54 bits per heavy atom. The molecule has 3 aliphatic rings. The molecule has 0 radical (unpaired) electrons. The van der Waals surface area contributed by atoms with Gasteiger partial charge in [0.2, 0.25) is 11.8 Å². The first kappa shape index (κ1) is 22.0. The van der Waals surface area contributed by atoms with Crippen molar-refractivity contribution in [1.29, 1.82) is 0 Å². The lowest BCUT2D eigenvalue weighted by atomic mass is 9.93. The average molecular weight is 489 g/mol. The number of anilines is 2. The number of hydrogen-bond acceptors (Lipinski definition) is 3. The number of amides is 2. The van der Waals surface area contributed by atoms with Crippen LogP contribution in [0.5, 0.6) is 0 Å². The summed E-state index contributed by atoms with van der Waals surface area (Å²) in [6.07, 6.45) is 7.42. The van der Waals surface area contributed by atoms with Crippen LogP contribution in [0.15, 0.2) is 84.9 Å². The molecule has 2 saturated carbocycles. The van der Waals surface area contributed by atoms with Gasteiger partial charge < -0.3 is 15.6 Å². The molecule has 2 amide bonds. The zero-order valence-corrected chi connectivity index (χ0v) is 20.4. The third-order valence-electron chi connectivity index (χ3n) is 8.15. The molecule has 1 aromatic heterocycles. The minimum absolute atomic E-state index is 0.0229. The number of aromatic amines is 1. The number of fused-ring (bicyclic) bond motifs is 3. The van der Waals surface area contributed by atoms with Crippen LogP contribution in [-0.4, -0.2) is 21.8 Å². The number of hydrogen-bond donors (Lipinski definition) is 3. The van der Waals surface area contributed by atoms with Crippen molar-refractivity contribution in [2.45, 2.75) is 25.2 Å². The highest BCUT2D eigenvalue weighted by Crippen LogP contribution is 2.48. The highest BCUT2D eigenvalue weighted by Gasteiger charge is 2.44. The van der Waals surface area contributed by atoms with Crippen LogP contribution >= 0.6 is 0 Å². The van der Waals surface area contributed by atoms with Crippen LogP contribution in [0.3, 0.4) is 0 Å². The number of nitrogens with zero attached hydrogens (tertiary/aromatic N) is 1. The summed E-state index contributed by atoms with van der Waals surface area (Å²) in [4.78, 5) is 33.6. The average Bonchev–Trinajstić information content (AvgIpc) is 3.22. The van der Waals surface area contributed by atoms with Crippen molar-refractivity contribution in [2.24, 2.45) is 23.7 Å². The van der Waals surface area contributed by atoms with Gasteiger partial charge in [0, 0.05) is 28.8 Å². The van der Waals surface area contributed by atoms with Gasteiger partial charge in [-0.15, -0.1) is 0 Å². The molecule has 2 bridgehead atoms. The molecule has 5 atom stereocenters. The maximum Gasteiger partial charge on any atom is 0.228 e. The molecule has 2 fully saturated rings. The van der Waals surface area contributed by atoms with Gasteiger partial charge in [0.05, 0.1) is 11.0 Å². The number of rotatable bonds is 6. The van der Waals surface area contributed by atoms with Crippen molar-refractivity contribution in [3.63, 3.8) is 0 Å². The second kappa shape index (κ2) is 8.73. The second-order valence-corrected chi connectivity index (χ2v) is 10.6. The zero-order valence-electron chi connectivity index (χ0n) is 20.4. The Morgan fingerprint density at radius 1 is 0.784 bits per heavy atom. The van der Waals surface area contributed by atoms with Crippen LogP contribution in [-0.2, 0) is 9.59 Å². The lowest BCUT2D eigenvalue weighted by Crippen LogP contribution is -2.25. The third kappa shape index (κ3) is 4.22. The number of nitrogens with one attached hydrogen (secondary N) is 3. The molecule has 0 aliphatic heterocycles. The molecule has 6 heteroatoms. The van der Waals surface area contributed by atoms with E-state index in [-0.39, 0.29) is 23.7 Å². The summed E-state index contributed by atoms with van der Waals surface area (Å²) in [6, 6.07) is 23.8. The molecule has 3 N–H and O–H groups in total. The highest BCUT2D eigenvalue weighted by atomic mass is 16.2. The van der Waals surface area contributed by atoms with Crippen molar-refractivity contribution < 1.29 is 9.59 Å². The standard InChI is InChI=1S/C31H28N4O2/c36-30(25-15-18-6-7-21(25)14-18)32-22-10-8-20(9-11-22)29-34-27-13-12-23(16-28(27)35-29)33-31(37)26-17-24(26)19-4-2-1-3-5-19/h1-13,16,18,21,24-26H,14-15,17H2,(H,32,36)(H,33,37)(H,34,35). The van der Waals surface area contributed by atoms with Crippen LogP contribution in [0.1, 0.15) is 30.7 Å². The molecular formula is C31H28N4O2. The smallest absolute Gasteiger partial charge is 0.228 e. The van der Waals surface area contributed by atoms with Gasteiger partial charge in [0.1, 0.15) is 5.82 Å². The van der Waals surface area contributed by atoms with Crippen LogP contribution in [0.4, 0.5) is 11.4 Å². The second-order valence-electron chi connectivity index (χ2n) is 10.6. The number of imidazole rings is 1. The number of benzene rings is 3. The Labute approximate surface area is 215 Å².